The normalized spacial score (nSPS) is 27.2. The maximum Gasteiger partial charge on any atom is 0.221 e. The van der Waals surface area contributed by atoms with Gasteiger partial charge in [-0.1, -0.05) is 0 Å². The van der Waals surface area contributed by atoms with Gasteiger partial charge in [-0.3, -0.25) is 4.79 Å². The van der Waals surface area contributed by atoms with Gasteiger partial charge in [0.25, 0.3) is 0 Å². The number of piperidine rings is 1. The van der Waals surface area contributed by atoms with Crippen molar-refractivity contribution in [2.24, 2.45) is 5.92 Å². The van der Waals surface area contributed by atoms with E-state index in [0.717, 1.165) is 11.6 Å². The summed E-state index contributed by atoms with van der Waals surface area (Å²) in [6.07, 6.45) is 2.49. The second-order valence-corrected chi connectivity index (χ2v) is 5.99. The van der Waals surface area contributed by atoms with Crippen LogP contribution in [0.4, 0.5) is 11.4 Å². The van der Waals surface area contributed by atoms with Gasteiger partial charge in [-0.15, -0.1) is 0 Å². The Balaban J connectivity index is 1.72. The van der Waals surface area contributed by atoms with E-state index < -0.39 is 0 Å². The van der Waals surface area contributed by atoms with Gasteiger partial charge in [-0.25, -0.2) is 0 Å². The average molecular weight is 289 g/mol. The van der Waals surface area contributed by atoms with Gasteiger partial charge in [0.2, 0.25) is 5.91 Å². The van der Waals surface area contributed by atoms with Gasteiger partial charge in [0, 0.05) is 37.8 Å². The largest absolute Gasteiger partial charge is 0.494 e. The predicted molar refractivity (Wildman–Crippen MR) is 83.9 cm³/mol. The summed E-state index contributed by atoms with van der Waals surface area (Å²) in [6.45, 7) is 5.15. The van der Waals surface area contributed by atoms with Crippen molar-refractivity contribution in [1.29, 1.82) is 0 Å². The lowest BCUT2D eigenvalue weighted by Crippen LogP contribution is -2.39. The lowest BCUT2D eigenvalue weighted by Gasteiger charge is -2.31. The maximum absolute atomic E-state index is 11.2. The number of methoxy groups -OCH3 is 1. The molecule has 1 amide bonds. The van der Waals surface area contributed by atoms with E-state index in [-0.39, 0.29) is 5.91 Å². The van der Waals surface area contributed by atoms with Crippen molar-refractivity contribution < 1.29 is 9.53 Å². The third-order valence-corrected chi connectivity index (χ3v) is 4.50. The first-order valence-electron chi connectivity index (χ1n) is 7.60. The molecule has 2 N–H and O–H groups in total. The smallest absolute Gasteiger partial charge is 0.221 e. The zero-order chi connectivity index (χ0) is 14.8. The lowest BCUT2D eigenvalue weighted by molar-refractivity contribution is -0.114. The van der Waals surface area contributed by atoms with Crippen LogP contribution in [0, 0.1) is 5.92 Å². The highest BCUT2D eigenvalue weighted by Crippen LogP contribution is 2.32. The van der Waals surface area contributed by atoms with Crippen molar-refractivity contribution >= 4 is 17.3 Å². The lowest BCUT2D eigenvalue weighted by atomic mass is 9.94. The van der Waals surface area contributed by atoms with E-state index in [2.05, 4.69) is 15.5 Å². The van der Waals surface area contributed by atoms with Crippen molar-refractivity contribution in [2.45, 2.75) is 25.8 Å². The number of rotatable bonds is 4. The third kappa shape index (κ3) is 3.13. The number of hydrogen-bond acceptors (Lipinski definition) is 4. The first kappa shape index (κ1) is 14.2. The molecule has 0 aromatic heterocycles. The summed E-state index contributed by atoms with van der Waals surface area (Å²) in [7, 11) is 1.62. The summed E-state index contributed by atoms with van der Waals surface area (Å²) in [4.78, 5) is 13.7. The minimum atomic E-state index is -0.0904. The standard InChI is InChI=1S/C16H23N3O2/c1-11(20)17-15-4-3-13(9-16(15)21-2)18-14-6-8-19-7-5-12(14)10-19/h3-4,9,12,14,18H,5-8,10H2,1-2H3,(H,17,20). The molecular formula is C16H23N3O2. The number of carbonyl (C=O) groups excluding carboxylic acids is 1. The number of amides is 1. The maximum atomic E-state index is 11.2. The zero-order valence-corrected chi connectivity index (χ0v) is 12.7. The molecule has 0 radical (unpaired) electrons. The van der Waals surface area contributed by atoms with E-state index in [1.54, 1.807) is 7.11 Å². The number of anilines is 2. The van der Waals surface area contributed by atoms with E-state index in [9.17, 15) is 4.79 Å². The number of hydrogen-bond donors (Lipinski definition) is 2. The Morgan fingerprint density at radius 2 is 2.14 bits per heavy atom. The first-order valence-corrected chi connectivity index (χ1v) is 7.60. The van der Waals surface area contributed by atoms with Crippen molar-refractivity contribution in [3.63, 3.8) is 0 Å². The monoisotopic (exact) mass is 289 g/mol. The summed E-state index contributed by atoms with van der Waals surface area (Å²) in [6, 6.07) is 6.41. The molecule has 2 aliphatic rings. The second-order valence-electron chi connectivity index (χ2n) is 5.99. The molecule has 2 heterocycles. The molecule has 2 bridgehead atoms. The second kappa shape index (κ2) is 5.93. The van der Waals surface area contributed by atoms with Crippen LogP contribution in [0.1, 0.15) is 19.8 Å². The Morgan fingerprint density at radius 1 is 1.33 bits per heavy atom. The number of carbonyl (C=O) groups is 1. The van der Waals surface area contributed by atoms with Crippen LogP contribution < -0.4 is 15.4 Å². The zero-order valence-electron chi connectivity index (χ0n) is 12.7. The highest BCUT2D eigenvalue weighted by Gasteiger charge is 2.34. The Labute approximate surface area is 125 Å². The van der Waals surface area contributed by atoms with Crippen LogP contribution in [0.5, 0.6) is 5.75 Å². The van der Waals surface area contributed by atoms with E-state index >= 15 is 0 Å². The van der Waals surface area contributed by atoms with Gasteiger partial charge in [0.05, 0.1) is 12.8 Å². The predicted octanol–water partition coefficient (Wildman–Crippen LogP) is 2.16. The van der Waals surface area contributed by atoms with Gasteiger partial charge < -0.3 is 20.3 Å². The number of nitrogens with one attached hydrogen (secondary N) is 2. The van der Waals surface area contributed by atoms with Crippen LogP contribution in [-0.4, -0.2) is 43.6 Å². The molecule has 2 aliphatic heterocycles. The number of benzene rings is 1. The number of fused-ring (bicyclic) bond motifs is 2. The molecule has 0 aliphatic carbocycles. The molecule has 2 saturated heterocycles. The highest BCUT2D eigenvalue weighted by atomic mass is 16.5. The highest BCUT2D eigenvalue weighted by molar-refractivity contribution is 5.90. The molecule has 1 aromatic rings. The topological polar surface area (TPSA) is 53.6 Å². The number of ether oxygens (including phenoxy) is 1. The van der Waals surface area contributed by atoms with E-state index in [1.165, 1.54) is 39.4 Å². The fraction of sp³-hybridized carbons (Fsp3) is 0.562. The Morgan fingerprint density at radius 3 is 2.90 bits per heavy atom. The van der Waals surface area contributed by atoms with E-state index in [1.807, 2.05) is 18.2 Å². The van der Waals surface area contributed by atoms with E-state index in [4.69, 9.17) is 4.74 Å². The first-order chi connectivity index (χ1) is 10.2. The average Bonchev–Trinajstić information content (AvgIpc) is 2.85. The van der Waals surface area contributed by atoms with Gasteiger partial charge in [0.15, 0.2) is 0 Å². The van der Waals surface area contributed by atoms with Gasteiger partial charge in [-0.2, -0.15) is 0 Å². The Hall–Kier alpha value is -1.75. The molecule has 2 fully saturated rings. The minimum Gasteiger partial charge on any atom is -0.494 e. The summed E-state index contributed by atoms with van der Waals surface area (Å²) < 4.78 is 5.37. The molecule has 21 heavy (non-hydrogen) atoms. The Kier molecular flexibility index (Phi) is 4.01. The molecule has 0 spiro atoms. The molecule has 3 unspecified atom stereocenters. The molecule has 5 nitrogen and oxygen atoms in total. The van der Waals surface area contributed by atoms with Crippen LogP contribution >= 0.6 is 0 Å². The molecular weight excluding hydrogens is 266 g/mol. The SMILES string of the molecule is COc1cc(NC2CCN3CCC2C3)ccc1NC(C)=O. The summed E-state index contributed by atoms with van der Waals surface area (Å²) in [5.41, 5.74) is 1.78. The molecule has 0 saturated carbocycles. The summed E-state index contributed by atoms with van der Waals surface area (Å²) in [5, 5.41) is 6.43. The molecule has 114 valence electrons. The fourth-order valence-corrected chi connectivity index (χ4v) is 3.43. The molecule has 3 rings (SSSR count). The van der Waals surface area contributed by atoms with Gasteiger partial charge in [0.1, 0.15) is 5.75 Å². The van der Waals surface area contributed by atoms with Gasteiger partial charge >= 0.3 is 0 Å². The number of nitrogens with zero attached hydrogens (tertiary/aromatic N) is 1. The Bertz CT molecular complexity index is 532. The molecule has 5 heteroatoms. The third-order valence-electron chi connectivity index (χ3n) is 4.50. The molecule has 1 aromatic carbocycles. The van der Waals surface area contributed by atoms with E-state index in [0.29, 0.717) is 17.5 Å². The van der Waals surface area contributed by atoms with Crippen molar-refractivity contribution in [1.82, 2.24) is 4.90 Å². The van der Waals surface area contributed by atoms with Crippen molar-refractivity contribution in [3.8, 4) is 5.75 Å². The van der Waals surface area contributed by atoms with Crippen LogP contribution in [0.15, 0.2) is 18.2 Å². The van der Waals surface area contributed by atoms with Crippen LogP contribution in [0.2, 0.25) is 0 Å². The quantitative estimate of drug-likeness (QED) is 0.892. The summed E-state index contributed by atoms with van der Waals surface area (Å²) >= 11 is 0. The fourth-order valence-electron chi connectivity index (χ4n) is 3.43. The van der Waals surface area contributed by atoms with Crippen LogP contribution in [0.3, 0.4) is 0 Å². The van der Waals surface area contributed by atoms with Crippen LogP contribution in [0.25, 0.3) is 0 Å². The van der Waals surface area contributed by atoms with Crippen LogP contribution in [-0.2, 0) is 4.79 Å². The molecule has 3 atom stereocenters. The minimum absolute atomic E-state index is 0.0904. The van der Waals surface area contributed by atoms with Gasteiger partial charge in [-0.05, 0) is 37.4 Å². The summed E-state index contributed by atoms with van der Waals surface area (Å²) in [5.74, 6) is 1.35. The van der Waals surface area contributed by atoms with Crippen molar-refractivity contribution in [2.75, 3.05) is 37.4 Å². The van der Waals surface area contributed by atoms with Crippen molar-refractivity contribution in [3.05, 3.63) is 18.2 Å².